The van der Waals surface area contributed by atoms with Crippen molar-refractivity contribution in [1.82, 2.24) is 9.78 Å². The fraction of sp³-hybridized carbons (Fsp3) is 0.438. The monoisotopic (exact) mass is 257 g/mol. The maximum atomic E-state index is 4.46. The molecule has 1 unspecified atom stereocenters. The van der Waals surface area contributed by atoms with Gasteiger partial charge in [0.2, 0.25) is 0 Å². The highest BCUT2D eigenvalue weighted by Crippen LogP contribution is 2.23. The first-order valence-corrected chi connectivity index (χ1v) is 6.87. The van der Waals surface area contributed by atoms with Crippen molar-refractivity contribution < 1.29 is 0 Å². The molecule has 2 aromatic rings. The van der Waals surface area contributed by atoms with E-state index in [-0.39, 0.29) is 6.04 Å². The molecular weight excluding hydrogens is 234 g/mol. The minimum atomic E-state index is 0.286. The lowest BCUT2D eigenvalue weighted by Gasteiger charge is -2.16. The van der Waals surface area contributed by atoms with Crippen molar-refractivity contribution in [3.05, 3.63) is 46.8 Å². The van der Waals surface area contributed by atoms with Crippen LogP contribution in [0.2, 0.25) is 0 Å². The molecule has 1 aromatic heterocycles. The summed E-state index contributed by atoms with van der Waals surface area (Å²) in [5.74, 6) is 0. The topological polar surface area (TPSA) is 29.9 Å². The van der Waals surface area contributed by atoms with Gasteiger partial charge in [-0.1, -0.05) is 25.1 Å². The number of aryl methyl sites for hydroxylation is 4. The van der Waals surface area contributed by atoms with Crippen LogP contribution >= 0.6 is 0 Å². The van der Waals surface area contributed by atoms with Gasteiger partial charge in [0, 0.05) is 19.3 Å². The molecule has 0 aliphatic rings. The molecule has 1 N–H and O–H groups in total. The summed E-state index contributed by atoms with van der Waals surface area (Å²) in [5, 5.41) is 8.02. The number of nitrogens with zero attached hydrogens (tertiary/aromatic N) is 2. The predicted octanol–water partition coefficient (Wildman–Crippen LogP) is 3.77. The molecule has 0 saturated carbocycles. The third kappa shape index (κ3) is 2.98. The van der Waals surface area contributed by atoms with Crippen molar-refractivity contribution in [1.29, 1.82) is 0 Å². The van der Waals surface area contributed by atoms with Crippen LogP contribution in [0.4, 0.5) is 5.69 Å². The van der Waals surface area contributed by atoms with Gasteiger partial charge in [0.25, 0.3) is 0 Å². The van der Waals surface area contributed by atoms with Crippen molar-refractivity contribution in [3.8, 4) is 0 Å². The molecule has 3 heteroatoms. The highest BCUT2D eigenvalue weighted by molar-refractivity contribution is 5.48. The molecule has 0 fully saturated rings. The number of hydrogen-bond donors (Lipinski definition) is 1. The normalized spacial score (nSPS) is 12.5. The zero-order valence-electron chi connectivity index (χ0n) is 12.5. The van der Waals surface area contributed by atoms with Gasteiger partial charge in [0.15, 0.2) is 0 Å². The van der Waals surface area contributed by atoms with E-state index in [0.29, 0.717) is 0 Å². The Morgan fingerprint density at radius 3 is 2.63 bits per heavy atom. The van der Waals surface area contributed by atoms with Crippen molar-refractivity contribution in [2.45, 2.75) is 40.2 Å². The maximum Gasteiger partial charge on any atom is 0.0853 e. The number of aromatic nitrogens is 2. The van der Waals surface area contributed by atoms with Crippen molar-refractivity contribution in [3.63, 3.8) is 0 Å². The molecule has 2 rings (SSSR count). The molecule has 0 bridgehead atoms. The average molecular weight is 257 g/mol. The van der Waals surface area contributed by atoms with Crippen molar-refractivity contribution >= 4 is 5.69 Å². The van der Waals surface area contributed by atoms with E-state index in [2.05, 4.69) is 62.5 Å². The molecule has 1 heterocycles. The van der Waals surface area contributed by atoms with E-state index in [9.17, 15) is 0 Å². The summed E-state index contributed by atoms with van der Waals surface area (Å²) in [5.41, 5.74) is 6.25. The number of benzene rings is 1. The number of hydrogen-bond acceptors (Lipinski definition) is 2. The summed E-state index contributed by atoms with van der Waals surface area (Å²) in [6, 6.07) is 6.93. The third-order valence-electron chi connectivity index (χ3n) is 3.64. The average Bonchev–Trinajstić information content (AvgIpc) is 2.72. The fourth-order valence-electron chi connectivity index (χ4n) is 2.27. The molecule has 1 atom stereocenters. The third-order valence-corrected chi connectivity index (χ3v) is 3.64. The van der Waals surface area contributed by atoms with Crippen LogP contribution in [-0.2, 0) is 13.5 Å². The van der Waals surface area contributed by atoms with Crippen molar-refractivity contribution in [2.75, 3.05) is 5.32 Å². The van der Waals surface area contributed by atoms with Crippen LogP contribution in [0.3, 0.4) is 0 Å². The highest BCUT2D eigenvalue weighted by atomic mass is 15.3. The molecule has 3 nitrogen and oxygen atoms in total. The summed E-state index contributed by atoms with van der Waals surface area (Å²) >= 11 is 0. The van der Waals surface area contributed by atoms with Gasteiger partial charge in [-0.2, -0.15) is 5.10 Å². The zero-order valence-corrected chi connectivity index (χ0v) is 12.5. The van der Waals surface area contributed by atoms with Gasteiger partial charge < -0.3 is 5.32 Å². The zero-order chi connectivity index (χ0) is 14.0. The molecule has 0 spiro atoms. The summed E-state index contributed by atoms with van der Waals surface area (Å²) < 4.78 is 1.87. The second-order valence-electron chi connectivity index (χ2n) is 5.23. The Kier molecular flexibility index (Phi) is 3.93. The molecule has 1 aromatic carbocycles. The Morgan fingerprint density at radius 2 is 2.00 bits per heavy atom. The quantitative estimate of drug-likeness (QED) is 0.903. The lowest BCUT2D eigenvalue weighted by atomic mass is 10.0. The molecule has 0 radical (unpaired) electrons. The predicted molar refractivity (Wildman–Crippen MR) is 80.5 cm³/mol. The van der Waals surface area contributed by atoms with Crippen LogP contribution in [0.5, 0.6) is 0 Å². The van der Waals surface area contributed by atoms with Crippen LogP contribution in [0.1, 0.15) is 42.3 Å². The van der Waals surface area contributed by atoms with Crippen LogP contribution < -0.4 is 5.32 Å². The van der Waals surface area contributed by atoms with Gasteiger partial charge in [-0.15, -0.1) is 0 Å². The maximum absolute atomic E-state index is 4.46. The molecule has 19 heavy (non-hydrogen) atoms. The molecular formula is C16H23N3. The molecule has 0 saturated heterocycles. The molecule has 0 aliphatic carbocycles. The first kappa shape index (κ1) is 13.7. The van der Waals surface area contributed by atoms with Crippen LogP contribution in [-0.4, -0.2) is 9.78 Å². The summed E-state index contributed by atoms with van der Waals surface area (Å²) in [6.45, 7) is 8.63. The first-order chi connectivity index (χ1) is 9.01. The molecule has 0 amide bonds. The second kappa shape index (κ2) is 5.47. The fourth-order valence-corrected chi connectivity index (χ4v) is 2.27. The van der Waals surface area contributed by atoms with Gasteiger partial charge in [-0.25, -0.2) is 0 Å². The number of rotatable bonds is 4. The van der Waals surface area contributed by atoms with Gasteiger partial charge in [0.05, 0.1) is 11.4 Å². The first-order valence-electron chi connectivity index (χ1n) is 6.87. The standard InChI is InChI=1S/C16H23N3/c1-6-15-16(10-19(5)18-15)17-13(4)14-8-7-11(2)12(3)9-14/h7-10,13,17H,6H2,1-5H3. The number of nitrogens with one attached hydrogen (secondary N) is 1. The van der Waals surface area contributed by atoms with Gasteiger partial charge in [-0.05, 0) is 43.9 Å². The van der Waals surface area contributed by atoms with E-state index in [0.717, 1.165) is 17.8 Å². The summed E-state index contributed by atoms with van der Waals surface area (Å²) in [4.78, 5) is 0. The minimum Gasteiger partial charge on any atom is -0.376 e. The molecule has 102 valence electrons. The van der Waals surface area contributed by atoms with Crippen molar-refractivity contribution in [2.24, 2.45) is 7.05 Å². The van der Waals surface area contributed by atoms with E-state index in [1.165, 1.54) is 16.7 Å². The van der Waals surface area contributed by atoms with E-state index in [1.54, 1.807) is 0 Å². The Hall–Kier alpha value is -1.77. The smallest absolute Gasteiger partial charge is 0.0853 e. The lowest BCUT2D eigenvalue weighted by molar-refractivity contribution is 0.746. The Labute approximate surface area is 115 Å². The Bertz CT molecular complexity index is 569. The SMILES string of the molecule is CCc1nn(C)cc1NC(C)c1ccc(C)c(C)c1. The van der Waals surface area contributed by atoms with E-state index in [1.807, 2.05) is 11.7 Å². The Morgan fingerprint density at radius 1 is 1.26 bits per heavy atom. The van der Waals surface area contributed by atoms with Gasteiger partial charge >= 0.3 is 0 Å². The number of anilines is 1. The van der Waals surface area contributed by atoms with Crippen LogP contribution in [0.25, 0.3) is 0 Å². The van der Waals surface area contributed by atoms with Crippen LogP contribution in [0.15, 0.2) is 24.4 Å². The van der Waals surface area contributed by atoms with E-state index < -0.39 is 0 Å². The lowest BCUT2D eigenvalue weighted by Crippen LogP contribution is -2.08. The van der Waals surface area contributed by atoms with Crippen LogP contribution in [0, 0.1) is 13.8 Å². The summed E-state index contributed by atoms with van der Waals surface area (Å²) in [7, 11) is 1.96. The largest absolute Gasteiger partial charge is 0.376 e. The van der Waals surface area contributed by atoms with E-state index in [4.69, 9.17) is 0 Å². The van der Waals surface area contributed by atoms with Gasteiger partial charge in [-0.3, -0.25) is 4.68 Å². The second-order valence-corrected chi connectivity index (χ2v) is 5.23. The van der Waals surface area contributed by atoms with E-state index >= 15 is 0 Å². The van der Waals surface area contributed by atoms with Gasteiger partial charge in [0.1, 0.15) is 0 Å². The highest BCUT2D eigenvalue weighted by Gasteiger charge is 2.11. The molecule has 0 aliphatic heterocycles. The minimum absolute atomic E-state index is 0.286. The summed E-state index contributed by atoms with van der Waals surface area (Å²) in [6.07, 6.45) is 3.00. The Balaban J connectivity index is 2.20.